The van der Waals surface area contributed by atoms with Gasteiger partial charge >= 0.3 is 5.97 Å². The van der Waals surface area contributed by atoms with Gasteiger partial charge in [0.1, 0.15) is 0 Å². The Balaban J connectivity index is 1.82. The van der Waals surface area contributed by atoms with E-state index in [2.05, 4.69) is 10.4 Å². The van der Waals surface area contributed by atoms with Crippen LogP contribution in [-0.2, 0) is 4.74 Å². The molecule has 2 N–H and O–H groups in total. The number of aryl methyl sites for hydroxylation is 1. The van der Waals surface area contributed by atoms with Crippen molar-refractivity contribution in [3.8, 4) is 11.4 Å². The second kappa shape index (κ2) is 9.04. The van der Waals surface area contributed by atoms with Crippen LogP contribution in [0.25, 0.3) is 5.69 Å². The molecule has 0 bridgehead atoms. The summed E-state index contributed by atoms with van der Waals surface area (Å²) in [4.78, 5) is 36.7. The molecular weight excluding hydrogens is 386 g/mol. The molecule has 154 valence electrons. The Labute approximate surface area is 172 Å². The van der Waals surface area contributed by atoms with Crippen molar-refractivity contribution in [1.29, 1.82) is 0 Å². The highest BCUT2D eigenvalue weighted by atomic mass is 16.5. The number of carbonyl (C=O) groups excluding carboxylic acids is 2. The van der Waals surface area contributed by atoms with E-state index >= 15 is 0 Å². The number of nitrogens with zero attached hydrogens (tertiary/aromatic N) is 2. The largest absolute Gasteiger partial charge is 0.505 e. The van der Waals surface area contributed by atoms with Crippen molar-refractivity contribution in [1.82, 2.24) is 9.78 Å². The van der Waals surface area contributed by atoms with Gasteiger partial charge in [-0.05, 0) is 55.3 Å². The first-order valence-electron chi connectivity index (χ1n) is 9.38. The maximum absolute atomic E-state index is 12.6. The standard InChI is InChI=1S/C22H21N3O5/c1-3-11-30-22(29)15-7-9-16(10-8-15)23-21(28)20-18(26)13-19(27)25(24-20)17-6-4-5-14(2)12-17/h4-10,12-13,26H,3,11H2,1-2H3,(H,23,28). The Morgan fingerprint density at radius 2 is 1.87 bits per heavy atom. The Morgan fingerprint density at radius 3 is 2.53 bits per heavy atom. The normalized spacial score (nSPS) is 10.5. The first-order chi connectivity index (χ1) is 14.4. The second-order valence-electron chi connectivity index (χ2n) is 6.63. The molecular formula is C22H21N3O5. The van der Waals surface area contributed by atoms with E-state index in [1.165, 1.54) is 24.3 Å². The molecule has 30 heavy (non-hydrogen) atoms. The van der Waals surface area contributed by atoms with Crippen molar-refractivity contribution in [2.75, 3.05) is 11.9 Å². The van der Waals surface area contributed by atoms with Gasteiger partial charge in [0.05, 0.1) is 17.9 Å². The van der Waals surface area contributed by atoms with Crippen molar-refractivity contribution >= 4 is 17.6 Å². The van der Waals surface area contributed by atoms with Gasteiger partial charge in [-0.2, -0.15) is 9.78 Å². The van der Waals surface area contributed by atoms with Gasteiger partial charge in [0.25, 0.3) is 11.5 Å². The van der Waals surface area contributed by atoms with Crippen LogP contribution in [0.3, 0.4) is 0 Å². The first kappa shape index (κ1) is 20.8. The summed E-state index contributed by atoms with van der Waals surface area (Å²) in [5.74, 6) is -1.67. The zero-order valence-electron chi connectivity index (χ0n) is 16.6. The van der Waals surface area contributed by atoms with Crippen LogP contribution < -0.4 is 10.9 Å². The molecule has 3 aromatic rings. The molecule has 8 heteroatoms. The minimum absolute atomic E-state index is 0.303. The van der Waals surface area contributed by atoms with E-state index in [0.717, 1.165) is 22.7 Å². The third-order valence-electron chi connectivity index (χ3n) is 4.19. The molecule has 0 radical (unpaired) electrons. The summed E-state index contributed by atoms with van der Waals surface area (Å²) in [6.45, 7) is 4.10. The molecule has 1 aromatic heterocycles. The van der Waals surface area contributed by atoms with E-state index < -0.39 is 23.2 Å². The number of aromatic nitrogens is 2. The number of anilines is 1. The fourth-order valence-electron chi connectivity index (χ4n) is 2.71. The van der Waals surface area contributed by atoms with E-state index in [1.807, 2.05) is 19.9 Å². The van der Waals surface area contributed by atoms with Crippen molar-refractivity contribution < 1.29 is 19.4 Å². The average molecular weight is 407 g/mol. The Bertz CT molecular complexity index is 1140. The lowest BCUT2D eigenvalue weighted by molar-refractivity contribution is 0.0505. The number of ether oxygens (including phenoxy) is 1. The predicted molar refractivity (Wildman–Crippen MR) is 111 cm³/mol. The molecule has 1 amide bonds. The second-order valence-corrected chi connectivity index (χ2v) is 6.63. The lowest BCUT2D eigenvalue weighted by Gasteiger charge is -2.10. The highest BCUT2D eigenvalue weighted by Gasteiger charge is 2.17. The Kier molecular flexibility index (Phi) is 6.26. The molecule has 8 nitrogen and oxygen atoms in total. The third-order valence-corrected chi connectivity index (χ3v) is 4.19. The molecule has 0 atom stereocenters. The topological polar surface area (TPSA) is 111 Å². The van der Waals surface area contributed by atoms with Crippen LogP contribution >= 0.6 is 0 Å². The summed E-state index contributed by atoms with van der Waals surface area (Å²) in [7, 11) is 0. The molecule has 0 unspecified atom stereocenters. The van der Waals surface area contributed by atoms with Gasteiger partial charge in [-0.25, -0.2) is 4.79 Å². The average Bonchev–Trinajstić information content (AvgIpc) is 2.72. The van der Waals surface area contributed by atoms with E-state index in [-0.39, 0.29) is 5.69 Å². The fraction of sp³-hybridized carbons (Fsp3) is 0.182. The smallest absolute Gasteiger partial charge is 0.338 e. The van der Waals surface area contributed by atoms with Crippen LogP contribution in [0.4, 0.5) is 5.69 Å². The van der Waals surface area contributed by atoms with Gasteiger partial charge in [0.15, 0.2) is 11.4 Å². The summed E-state index contributed by atoms with van der Waals surface area (Å²) in [5.41, 5.74) is 1.27. The summed E-state index contributed by atoms with van der Waals surface area (Å²) < 4.78 is 6.11. The number of aromatic hydroxyl groups is 1. The number of hydrogen-bond acceptors (Lipinski definition) is 6. The van der Waals surface area contributed by atoms with E-state index in [1.54, 1.807) is 18.2 Å². The zero-order valence-corrected chi connectivity index (χ0v) is 16.6. The lowest BCUT2D eigenvalue weighted by atomic mass is 10.2. The van der Waals surface area contributed by atoms with Crippen LogP contribution in [-0.4, -0.2) is 33.4 Å². The molecule has 0 spiro atoms. The predicted octanol–water partition coefficient (Wildman–Crippen LogP) is 3.07. The van der Waals surface area contributed by atoms with E-state index in [4.69, 9.17) is 4.74 Å². The van der Waals surface area contributed by atoms with E-state index in [0.29, 0.717) is 23.5 Å². The fourth-order valence-corrected chi connectivity index (χ4v) is 2.71. The van der Waals surface area contributed by atoms with Gasteiger partial charge in [-0.1, -0.05) is 19.1 Å². The van der Waals surface area contributed by atoms with Gasteiger partial charge in [0, 0.05) is 11.8 Å². The number of benzene rings is 2. The molecule has 0 saturated carbocycles. The maximum atomic E-state index is 12.6. The van der Waals surface area contributed by atoms with E-state index in [9.17, 15) is 19.5 Å². The minimum Gasteiger partial charge on any atom is -0.505 e. The van der Waals surface area contributed by atoms with Crippen molar-refractivity contribution in [2.24, 2.45) is 0 Å². The van der Waals surface area contributed by atoms with Gasteiger partial charge in [-0.3, -0.25) is 9.59 Å². The van der Waals surface area contributed by atoms with Crippen LogP contribution in [0.1, 0.15) is 39.8 Å². The van der Waals surface area contributed by atoms with Crippen LogP contribution in [0.5, 0.6) is 5.75 Å². The van der Waals surface area contributed by atoms with Gasteiger partial charge < -0.3 is 15.2 Å². The molecule has 2 aromatic carbocycles. The molecule has 1 heterocycles. The number of carbonyl (C=O) groups is 2. The van der Waals surface area contributed by atoms with Crippen molar-refractivity contribution in [2.45, 2.75) is 20.3 Å². The SMILES string of the molecule is CCCOC(=O)c1ccc(NC(=O)c2nn(-c3cccc(C)c3)c(=O)cc2O)cc1. The van der Waals surface area contributed by atoms with Crippen molar-refractivity contribution in [3.63, 3.8) is 0 Å². The summed E-state index contributed by atoms with van der Waals surface area (Å²) in [6.07, 6.45) is 0.723. The first-order valence-corrected chi connectivity index (χ1v) is 9.38. The number of hydrogen-bond donors (Lipinski definition) is 2. The highest BCUT2D eigenvalue weighted by molar-refractivity contribution is 6.04. The summed E-state index contributed by atoms with van der Waals surface area (Å²) in [6, 6.07) is 14.1. The molecule has 0 fully saturated rings. The monoisotopic (exact) mass is 407 g/mol. The number of rotatable bonds is 6. The molecule has 3 rings (SSSR count). The van der Waals surface area contributed by atoms with Gasteiger partial charge in [0.2, 0.25) is 0 Å². The molecule has 0 saturated heterocycles. The quantitative estimate of drug-likeness (QED) is 0.608. The number of esters is 1. The summed E-state index contributed by atoms with van der Waals surface area (Å²) >= 11 is 0. The Morgan fingerprint density at radius 1 is 1.13 bits per heavy atom. The van der Waals surface area contributed by atoms with Crippen LogP contribution in [0.15, 0.2) is 59.4 Å². The van der Waals surface area contributed by atoms with Crippen LogP contribution in [0, 0.1) is 6.92 Å². The molecule has 0 aliphatic carbocycles. The summed E-state index contributed by atoms with van der Waals surface area (Å²) in [5, 5.41) is 16.7. The van der Waals surface area contributed by atoms with Crippen LogP contribution in [0.2, 0.25) is 0 Å². The van der Waals surface area contributed by atoms with Gasteiger partial charge in [-0.15, -0.1) is 0 Å². The highest BCUT2D eigenvalue weighted by Crippen LogP contribution is 2.17. The Hall–Kier alpha value is -3.94. The minimum atomic E-state index is -0.699. The zero-order chi connectivity index (χ0) is 21.7. The lowest BCUT2D eigenvalue weighted by Crippen LogP contribution is -2.25. The number of nitrogens with one attached hydrogen (secondary N) is 1. The molecule has 0 aliphatic rings. The number of amides is 1. The third kappa shape index (κ3) is 4.72. The molecule has 0 aliphatic heterocycles. The maximum Gasteiger partial charge on any atom is 0.338 e. The van der Waals surface area contributed by atoms with Crippen molar-refractivity contribution in [3.05, 3.63) is 81.8 Å².